The van der Waals surface area contributed by atoms with Crippen LogP contribution in [0.5, 0.6) is 0 Å². The predicted octanol–water partition coefficient (Wildman–Crippen LogP) is 5.81. The first kappa shape index (κ1) is 21.4. The maximum absolute atomic E-state index is 12.5. The molecule has 4 aromatic rings. The topological polar surface area (TPSA) is 73.2 Å². The number of ether oxygens (including phenoxy) is 1. The molecule has 2 heterocycles. The molecule has 0 aliphatic heterocycles. The second-order valence-corrected chi connectivity index (χ2v) is 8.66. The molecule has 158 valence electrons. The Bertz CT molecular complexity index is 1300. The van der Waals surface area contributed by atoms with Gasteiger partial charge in [-0.15, -0.1) is 11.3 Å². The number of nitrogens with zero attached hydrogens (tertiary/aromatic N) is 2. The van der Waals surface area contributed by atoms with Crippen LogP contribution < -0.4 is 5.32 Å². The van der Waals surface area contributed by atoms with Gasteiger partial charge in [0.2, 0.25) is 0 Å². The number of benzene rings is 2. The molecule has 9 heteroatoms. The molecule has 2 aromatic carbocycles. The molecule has 31 heavy (non-hydrogen) atoms. The minimum Gasteiger partial charge on any atom is -0.451 e. The third-order valence-electron chi connectivity index (χ3n) is 4.63. The molecule has 0 atom stereocenters. The van der Waals surface area contributed by atoms with Crippen molar-refractivity contribution >= 4 is 62.3 Å². The number of fused-ring (bicyclic) bond motifs is 1. The van der Waals surface area contributed by atoms with Crippen LogP contribution in [0.1, 0.15) is 20.9 Å². The number of hydrogen-bond donors (Lipinski definition) is 1. The van der Waals surface area contributed by atoms with E-state index in [2.05, 4.69) is 10.4 Å². The van der Waals surface area contributed by atoms with E-state index in [9.17, 15) is 9.59 Å². The molecule has 4 rings (SSSR count). The summed E-state index contributed by atoms with van der Waals surface area (Å²) in [7, 11) is 0. The first-order chi connectivity index (χ1) is 14.8. The molecular weight excluding hydrogens is 457 g/mol. The van der Waals surface area contributed by atoms with Crippen LogP contribution in [0.3, 0.4) is 0 Å². The second kappa shape index (κ2) is 8.70. The molecule has 0 spiro atoms. The number of aryl methyl sites for hydroxylation is 2. The predicted molar refractivity (Wildman–Crippen MR) is 124 cm³/mol. The monoisotopic (exact) mass is 473 g/mol. The van der Waals surface area contributed by atoms with Crippen LogP contribution in [0.25, 0.3) is 15.9 Å². The normalized spacial score (nSPS) is 11.0. The number of halogens is 2. The van der Waals surface area contributed by atoms with Crippen molar-refractivity contribution < 1.29 is 14.3 Å². The van der Waals surface area contributed by atoms with Gasteiger partial charge in [0.15, 0.2) is 6.61 Å². The van der Waals surface area contributed by atoms with E-state index < -0.39 is 18.5 Å². The number of esters is 1. The van der Waals surface area contributed by atoms with E-state index in [4.69, 9.17) is 27.9 Å². The number of thiophene rings is 1. The van der Waals surface area contributed by atoms with Crippen LogP contribution in [0.15, 0.2) is 48.5 Å². The summed E-state index contributed by atoms with van der Waals surface area (Å²) in [6.07, 6.45) is 0. The zero-order valence-electron chi connectivity index (χ0n) is 16.6. The molecular formula is C22H17Cl2N3O3S. The van der Waals surface area contributed by atoms with Gasteiger partial charge in [-0.2, -0.15) is 5.10 Å². The van der Waals surface area contributed by atoms with Crippen molar-refractivity contribution in [3.63, 3.8) is 0 Å². The molecule has 0 saturated heterocycles. The summed E-state index contributed by atoms with van der Waals surface area (Å²) in [6.45, 7) is 3.22. The van der Waals surface area contributed by atoms with Gasteiger partial charge < -0.3 is 10.1 Å². The molecule has 0 saturated carbocycles. The van der Waals surface area contributed by atoms with Gasteiger partial charge in [0.05, 0.1) is 27.1 Å². The maximum atomic E-state index is 12.5. The summed E-state index contributed by atoms with van der Waals surface area (Å²) >= 11 is 13.6. The summed E-state index contributed by atoms with van der Waals surface area (Å²) in [6, 6.07) is 14.8. The van der Waals surface area contributed by atoms with Gasteiger partial charge in [-0.3, -0.25) is 4.79 Å². The van der Waals surface area contributed by atoms with Crippen LogP contribution in [0.4, 0.5) is 5.69 Å². The third kappa shape index (κ3) is 4.30. The average molecular weight is 474 g/mol. The van der Waals surface area contributed by atoms with E-state index in [-0.39, 0.29) is 0 Å². The molecule has 0 unspecified atom stereocenters. The van der Waals surface area contributed by atoms with Crippen molar-refractivity contribution in [3.8, 4) is 5.69 Å². The van der Waals surface area contributed by atoms with Crippen molar-refractivity contribution in [1.82, 2.24) is 9.78 Å². The van der Waals surface area contributed by atoms with Gasteiger partial charge >= 0.3 is 5.97 Å². The first-order valence-electron chi connectivity index (χ1n) is 9.31. The smallest absolute Gasteiger partial charge is 0.348 e. The minimum absolute atomic E-state index is 0.296. The number of amides is 1. The van der Waals surface area contributed by atoms with E-state index in [0.717, 1.165) is 27.2 Å². The summed E-state index contributed by atoms with van der Waals surface area (Å²) < 4.78 is 6.99. The van der Waals surface area contributed by atoms with Crippen LogP contribution >= 0.6 is 34.5 Å². The Morgan fingerprint density at radius 1 is 1.13 bits per heavy atom. The van der Waals surface area contributed by atoms with E-state index in [1.165, 1.54) is 11.3 Å². The van der Waals surface area contributed by atoms with Crippen LogP contribution in [-0.4, -0.2) is 28.3 Å². The Morgan fingerprint density at radius 3 is 2.61 bits per heavy atom. The van der Waals surface area contributed by atoms with Gasteiger partial charge in [0.1, 0.15) is 9.71 Å². The van der Waals surface area contributed by atoms with Crippen molar-refractivity contribution in [2.75, 3.05) is 11.9 Å². The molecule has 6 nitrogen and oxygen atoms in total. The van der Waals surface area contributed by atoms with Crippen LogP contribution in [-0.2, 0) is 9.53 Å². The largest absolute Gasteiger partial charge is 0.451 e. The number of anilines is 1. The fourth-order valence-corrected chi connectivity index (χ4v) is 4.58. The van der Waals surface area contributed by atoms with Crippen molar-refractivity contribution in [1.29, 1.82) is 0 Å². The lowest BCUT2D eigenvalue weighted by atomic mass is 10.2. The Hall–Kier alpha value is -2.87. The summed E-state index contributed by atoms with van der Waals surface area (Å²) in [5.41, 5.74) is 2.76. The average Bonchev–Trinajstić information content (AvgIpc) is 3.33. The SMILES string of the molecule is Cc1ccc(Cl)c(NC(=O)COC(=O)c2cc3c(C)nn(-c4ccccc4)c3s2)c1Cl. The minimum atomic E-state index is -0.586. The second-order valence-electron chi connectivity index (χ2n) is 6.84. The van der Waals surface area contributed by atoms with Crippen molar-refractivity contribution in [2.24, 2.45) is 0 Å². The van der Waals surface area contributed by atoms with Gasteiger partial charge in [-0.05, 0) is 43.7 Å². The molecule has 0 bridgehead atoms. The number of carbonyl (C=O) groups excluding carboxylic acids is 2. The van der Waals surface area contributed by atoms with Gasteiger partial charge in [-0.25, -0.2) is 9.48 Å². The molecule has 0 aliphatic carbocycles. The van der Waals surface area contributed by atoms with E-state index in [1.54, 1.807) is 29.8 Å². The van der Waals surface area contributed by atoms with Crippen LogP contribution in [0, 0.1) is 13.8 Å². The molecule has 0 radical (unpaired) electrons. The van der Waals surface area contributed by atoms with E-state index in [0.29, 0.717) is 20.6 Å². The highest BCUT2D eigenvalue weighted by atomic mass is 35.5. The maximum Gasteiger partial charge on any atom is 0.348 e. The highest BCUT2D eigenvalue weighted by Crippen LogP contribution is 2.33. The summed E-state index contributed by atoms with van der Waals surface area (Å²) in [5.74, 6) is -1.12. The van der Waals surface area contributed by atoms with Crippen molar-refractivity contribution in [3.05, 3.63) is 74.7 Å². The lowest BCUT2D eigenvalue weighted by molar-refractivity contribution is -0.119. The standard InChI is InChI=1S/C22H17Cl2N3O3S/c1-12-8-9-16(23)20(19(12)24)25-18(28)11-30-22(29)17-10-15-13(2)26-27(21(15)31-17)14-6-4-3-5-7-14/h3-10H,11H2,1-2H3,(H,25,28). The Kier molecular flexibility index (Phi) is 6.00. The van der Waals surface area contributed by atoms with E-state index in [1.807, 2.05) is 37.3 Å². The van der Waals surface area contributed by atoms with Crippen LogP contribution in [0.2, 0.25) is 10.0 Å². The number of nitrogens with one attached hydrogen (secondary N) is 1. The number of para-hydroxylation sites is 1. The zero-order valence-corrected chi connectivity index (χ0v) is 18.9. The molecule has 0 fully saturated rings. The Labute approximate surface area is 192 Å². The highest BCUT2D eigenvalue weighted by Gasteiger charge is 2.19. The lowest BCUT2D eigenvalue weighted by Gasteiger charge is -2.11. The fraction of sp³-hybridized carbons (Fsp3) is 0.136. The van der Waals surface area contributed by atoms with Gasteiger partial charge in [0.25, 0.3) is 5.91 Å². The highest BCUT2D eigenvalue weighted by molar-refractivity contribution is 7.20. The van der Waals surface area contributed by atoms with Crippen molar-refractivity contribution in [2.45, 2.75) is 13.8 Å². The quantitative estimate of drug-likeness (QED) is 0.371. The number of carbonyl (C=O) groups is 2. The number of rotatable bonds is 5. The van der Waals surface area contributed by atoms with Gasteiger partial charge in [0, 0.05) is 5.39 Å². The Morgan fingerprint density at radius 2 is 1.87 bits per heavy atom. The molecule has 0 aliphatic rings. The van der Waals surface area contributed by atoms with Gasteiger partial charge in [-0.1, -0.05) is 47.5 Å². The fourth-order valence-electron chi connectivity index (χ4n) is 3.04. The first-order valence-corrected chi connectivity index (χ1v) is 10.9. The number of hydrogen-bond acceptors (Lipinski definition) is 5. The zero-order chi connectivity index (χ0) is 22.1. The molecule has 1 N–H and O–H groups in total. The molecule has 2 aromatic heterocycles. The summed E-state index contributed by atoms with van der Waals surface area (Å²) in [5, 5.41) is 8.66. The molecule has 1 amide bonds. The third-order valence-corrected chi connectivity index (χ3v) is 6.52. The Balaban J connectivity index is 1.48. The number of aromatic nitrogens is 2. The van der Waals surface area contributed by atoms with E-state index >= 15 is 0 Å². The summed E-state index contributed by atoms with van der Waals surface area (Å²) in [4.78, 5) is 26.0. The lowest BCUT2D eigenvalue weighted by Crippen LogP contribution is -2.21.